The second-order valence-electron chi connectivity index (χ2n) is 9.57. The zero-order chi connectivity index (χ0) is 24.3. The first-order valence-electron chi connectivity index (χ1n) is 11.3. The van der Waals surface area contributed by atoms with E-state index in [1.54, 1.807) is 26.0 Å². The minimum atomic E-state index is -3.83. The SMILES string of the molecule is Cc1nc(-c2nnc(C)o2)c2cc(S(=O)(=O)NC3(C)CC3)cc(N3C[C@H](CF)N[C@@H](C)C3)c2n1. The smallest absolute Gasteiger partial charge is 0.267 e. The molecule has 182 valence electrons. The Morgan fingerprint density at radius 3 is 2.65 bits per heavy atom. The highest BCUT2D eigenvalue weighted by molar-refractivity contribution is 7.89. The number of alkyl halides is 1. The summed E-state index contributed by atoms with van der Waals surface area (Å²) in [6.45, 7) is 7.70. The van der Waals surface area contributed by atoms with Gasteiger partial charge < -0.3 is 14.6 Å². The first-order chi connectivity index (χ1) is 16.1. The molecule has 1 saturated carbocycles. The topological polar surface area (TPSA) is 126 Å². The Bertz CT molecular complexity index is 1360. The van der Waals surface area contributed by atoms with E-state index in [9.17, 15) is 12.8 Å². The summed E-state index contributed by atoms with van der Waals surface area (Å²) in [7, 11) is -3.83. The second-order valence-corrected chi connectivity index (χ2v) is 11.3. The first-order valence-corrected chi connectivity index (χ1v) is 12.8. The number of hydrogen-bond donors (Lipinski definition) is 2. The molecular weight excluding hydrogens is 461 g/mol. The van der Waals surface area contributed by atoms with Crippen LogP contribution in [0.1, 0.15) is 38.4 Å². The van der Waals surface area contributed by atoms with Gasteiger partial charge in [-0.15, -0.1) is 10.2 Å². The average Bonchev–Trinajstić information content (AvgIpc) is 3.33. The molecular formula is C22H28FN7O3S. The van der Waals surface area contributed by atoms with E-state index in [-0.39, 0.29) is 22.9 Å². The van der Waals surface area contributed by atoms with Crippen molar-refractivity contribution in [3.63, 3.8) is 0 Å². The molecule has 12 heteroatoms. The normalized spacial score (nSPS) is 22.3. The Morgan fingerprint density at radius 1 is 1.24 bits per heavy atom. The summed E-state index contributed by atoms with van der Waals surface area (Å²) >= 11 is 0. The van der Waals surface area contributed by atoms with Crippen molar-refractivity contribution < 1.29 is 17.2 Å². The van der Waals surface area contributed by atoms with Gasteiger partial charge in [-0.1, -0.05) is 0 Å². The molecule has 0 bridgehead atoms. The number of aromatic nitrogens is 4. The molecule has 0 radical (unpaired) electrons. The van der Waals surface area contributed by atoms with Crippen molar-refractivity contribution in [2.24, 2.45) is 0 Å². The zero-order valence-electron chi connectivity index (χ0n) is 19.6. The van der Waals surface area contributed by atoms with Crippen LogP contribution in [0.15, 0.2) is 21.4 Å². The van der Waals surface area contributed by atoms with Gasteiger partial charge in [0.2, 0.25) is 15.9 Å². The molecule has 0 unspecified atom stereocenters. The zero-order valence-corrected chi connectivity index (χ0v) is 20.4. The lowest BCUT2D eigenvalue weighted by Crippen LogP contribution is -2.56. The number of rotatable bonds is 6. The van der Waals surface area contributed by atoms with Gasteiger partial charge in [-0.2, -0.15) is 0 Å². The third kappa shape index (κ3) is 4.37. The Kier molecular flexibility index (Phi) is 5.57. The van der Waals surface area contributed by atoms with Crippen LogP contribution in [-0.4, -0.2) is 66.0 Å². The molecule has 2 atom stereocenters. The van der Waals surface area contributed by atoms with Crippen molar-refractivity contribution >= 4 is 26.6 Å². The maximum Gasteiger partial charge on any atom is 0.267 e. The molecule has 1 aromatic carbocycles. The summed E-state index contributed by atoms with van der Waals surface area (Å²) in [4.78, 5) is 11.3. The molecule has 34 heavy (non-hydrogen) atoms. The minimum Gasteiger partial charge on any atom is -0.420 e. The summed E-state index contributed by atoms with van der Waals surface area (Å²) in [6.07, 6.45) is 1.57. The van der Waals surface area contributed by atoms with Crippen LogP contribution in [0.2, 0.25) is 0 Å². The molecule has 5 rings (SSSR count). The third-order valence-electron chi connectivity index (χ3n) is 6.27. The number of piperazine rings is 1. The predicted octanol–water partition coefficient (Wildman–Crippen LogP) is 2.26. The van der Waals surface area contributed by atoms with Crippen LogP contribution in [0.4, 0.5) is 10.1 Å². The number of nitrogens with zero attached hydrogens (tertiary/aromatic N) is 5. The summed E-state index contributed by atoms with van der Waals surface area (Å²) < 4.78 is 48.8. The number of benzene rings is 1. The largest absolute Gasteiger partial charge is 0.420 e. The van der Waals surface area contributed by atoms with Gasteiger partial charge in [-0.05, 0) is 45.7 Å². The molecule has 0 amide bonds. The molecule has 1 aliphatic carbocycles. The Morgan fingerprint density at radius 2 is 2.00 bits per heavy atom. The molecule has 2 N–H and O–H groups in total. The number of hydrogen-bond acceptors (Lipinski definition) is 9. The minimum absolute atomic E-state index is 0.00862. The number of halogens is 1. The first kappa shape index (κ1) is 23.1. The molecule has 10 nitrogen and oxygen atoms in total. The number of aryl methyl sites for hydroxylation is 2. The van der Waals surface area contributed by atoms with E-state index in [4.69, 9.17) is 4.42 Å². The Balaban J connectivity index is 1.74. The Labute approximate surface area is 197 Å². The van der Waals surface area contributed by atoms with Gasteiger partial charge in [0, 0.05) is 37.0 Å². The van der Waals surface area contributed by atoms with E-state index in [2.05, 4.69) is 30.2 Å². The average molecular weight is 490 g/mol. The predicted molar refractivity (Wildman–Crippen MR) is 125 cm³/mol. The van der Waals surface area contributed by atoms with Gasteiger partial charge >= 0.3 is 0 Å². The fraction of sp³-hybridized carbons (Fsp3) is 0.545. The molecule has 1 aliphatic heterocycles. The monoisotopic (exact) mass is 489 g/mol. The van der Waals surface area contributed by atoms with E-state index in [0.29, 0.717) is 47.1 Å². The third-order valence-corrected chi connectivity index (χ3v) is 7.89. The number of sulfonamides is 1. The summed E-state index contributed by atoms with van der Waals surface area (Å²) in [5.41, 5.74) is 1.09. The number of fused-ring (bicyclic) bond motifs is 1. The maximum absolute atomic E-state index is 13.6. The lowest BCUT2D eigenvalue weighted by atomic mass is 10.1. The molecule has 0 spiro atoms. The van der Waals surface area contributed by atoms with Crippen molar-refractivity contribution in [3.05, 3.63) is 23.8 Å². The van der Waals surface area contributed by atoms with Crippen LogP contribution in [0.25, 0.3) is 22.5 Å². The highest BCUT2D eigenvalue weighted by atomic mass is 32.2. The van der Waals surface area contributed by atoms with Gasteiger partial charge in [-0.25, -0.2) is 27.5 Å². The van der Waals surface area contributed by atoms with Crippen LogP contribution in [-0.2, 0) is 10.0 Å². The number of nitrogens with one attached hydrogen (secondary N) is 2. The molecule has 3 aromatic rings. The van der Waals surface area contributed by atoms with Gasteiger partial charge in [0.15, 0.2) is 0 Å². The highest BCUT2D eigenvalue weighted by Crippen LogP contribution is 2.38. The molecule has 2 aliphatic rings. The Hall–Kier alpha value is -2.70. The molecule has 2 fully saturated rings. The second kappa shape index (κ2) is 8.21. The molecule has 2 aromatic heterocycles. The number of anilines is 1. The van der Waals surface area contributed by atoms with Crippen molar-refractivity contribution in [1.29, 1.82) is 0 Å². The van der Waals surface area contributed by atoms with Crippen LogP contribution in [0.3, 0.4) is 0 Å². The van der Waals surface area contributed by atoms with Crippen molar-refractivity contribution in [2.75, 3.05) is 24.7 Å². The fourth-order valence-electron chi connectivity index (χ4n) is 4.39. The highest BCUT2D eigenvalue weighted by Gasteiger charge is 2.41. The van der Waals surface area contributed by atoms with Gasteiger partial charge in [-0.3, -0.25) is 0 Å². The lowest BCUT2D eigenvalue weighted by molar-refractivity contribution is 0.317. The summed E-state index contributed by atoms with van der Waals surface area (Å²) in [5, 5.41) is 11.7. The standard InChI is InChI=1S/C22H28FN7O3S/c1-12-10-30(11-15(9-23)24-12)18-8-16(34(31,32)29-22(4)5-6-22)7-17-19(18)25-13(2)26-20(17)21-28-27-14(3)33-21/h7-8,12,15,24,29H,5-6,9-11H2,1-4H3/t12-,15-/m0/s1. The van der Waals surface area contributed by atoms with Crippen LogP contribution in [0.5, 0.6) is 0 Å². The van der Waals surface area contributed by atoms with Crippen molar-refractivity contribution in [3.8, 4) is 11.6 Å². The van der Waals surface area contributed by atoms with Gasteiger partial charge in [0.05, 0.1) is 22.1 Å². The summed E-state index contributed by atoms with van der Waals surface area (Å²) in [5.74, 6) is 1.03. The van der Waals surface area contributed by atoms with Gasteiger partial charge in [0.1, 0.15) is 18.2 Å². The van der Waals surface area contributed by atoms with Crippen molar-refractivity contribution in [1.82, 2.24) is 30.2 Å². The van der Waals surface area contributed by atoms with E-state index >= 15 is 0 Å². The van der Waals surface area contributed by atoms with E-state index in [0.717, 1.165) is 12.8 Å². The van der Waals surface area contributed by atoms with E-state index in [1.807, 2.05) is 18.7 Å². The van der Waals surface area contributed by atoms with E-state index < -0.39 is 22.2 Å². The van der Waals surface area contributed by atoms with Crippen LogP contribution >= 0.6 is 0 Å². The quantitative estimate of drug-likeness (QED) is 0.536. The molecule has 3 heterocycles. The van der Waals surface area contributed by atoms with Crippen LogP contribution < -0.4 is 14.9 Å². The van der Waals surface area contributed by atoms with E-state index in [1.165, 1.54) is 0 Å². The summed E-state index contributed by atoms with van der Waals surface area (Å²) in [6, 6.07) is 2.82. The van der Waals surface area contributed by atoms with Crippen molar-refractivity contribution in [2.45, 2.75) is 63.1 Å². The van der Waals surface area contributed by atoms with Crippen LogP contribution in [0, 0.1) is 13.8 Å². The lowest BCUT2D eigenvalue weighted by Gasteiger charge is -2.38. The fourth-order valence-corrected chi connectivity index (χ4v) is 5.90. The molecule has 1 saturated heterocycles. The maximum atomic E-state index is 13.6. The van der Waals surface area contributed by atoms with Gasteiger partial charge in [0.25, 0.3) is 5.89 Å².